The first-order valence-corrected chi connectivity index (χ1v) is 6.21. The number of carbonyl (C=O) groups excluding carboxylic acids is 1. The van der Waals surface area contributed by atoms with Crippen molar-refractivity contribution >= 4 is 23.7 Å². The van der Waals surface area contributed by atoms with Gasteiger partial charge in [0.15, 0.2) is 5.76 Å². The highest BCUT2D eigenvalue weighted by atomic mass is 16.6. The van der Waals surface area contributed by atoms with Crippen LogP contribution in [0.2, 0.25) is 0 Å². The van der Waals surface area contributed by atoms with Gasteiger partial charge in [0.1, 0.15) is 4.92 Å². The summed E-state index contributed by atoms with van der Waals surface area (Å²) in [6.45, 7) is 1.51. The van der Waals surface area contributed by atoms with Gasteiger partial charge in [-0.2, -0.15) is 5.10 Å². The molecule has 118 valence electrons. The number of hydrogen-bond donors (Lipinski definition) is 1. The van der Waals surface area contributed by atoms with Gasteiger partial charge in [-0.1, -0.05) is 0 Å². The average Bonchev–Trinajstić information content (AvgIpc) is 2.95. The van der Waals surface area contributed by atoms with Gasteiger partial charge < -0.3 is 4.42 Å². The molecule has 2 rings (SSSR count). The third kappa shape index (κ3) is 3.75. The molecule has 23 heavy (non-hydrogen) atoms. The van der Waals surface area contributed by atoms with Crippen molar-refractivity contribution in [3.05, 3.63) is 67.4 Å². The third-order valence-corrected chi connectivity index (χ3v) is 2.81. The fourth-order valence-corrected chi connectivity index (χ4v) is 1.73. The first-order chi connectivity index (χ1) is 10.9. The molecule has 0 atom stereocenters. The maximum absolute atomic E-state index is 11.8. The summed E-state index contributed by atoms with van der Waals surface area (Å²) in [5, 5.41) is 24.7. The molecule has 10 heteroatoms. The Bertz CT molecular complexity index is 811. The number of hydrogen-bond acceptors (Lipinski definition) is 7. The number of amides is 1. The SMILES string of the molecule is Cc1cc(C(=O)NN=Cc2ccc([N+](=O)[O-])o2)ccc1[N+](=O)[O-]. The summed E-state index contributed by atoms with van der Waals surface area (Å²) in [4.78, 5) is 31.7. The number of nitro benzene ring substituents is 1. The van der Waals surface area contributed by atoms with Gasteiger partial charge in [-0.3, -0.25) is 25.0 Å². The normalized spacial score (nSPS) is 10.7. The Labute approximate surface area is 128 Å². The van der Waals surface area contributed by atoms with Gasteiger partial charge >= 0.3 is 5.88 Å². The monoisotopic (exact) mass is 318 g/mol. The quantitative estimate of drug-likeness (QED) is 0.508. The number of benzene rings is 1. The van der Waals surface area contributed by atoms with Crippen LogP contribution in [0.25, 0.3) is 0 Å². The molecule has 0 bridgehead atoms. The van der Waals surface area contributed by atoms with Crippen molar-refractivity contribution in [2.75, 3.05) is 0 Å². The minimum Gasteiger partial charge on any atom is -0.400 e. The van der Waals surface area contributed by atoms with Crippen LogP contribution in [0.1, 0.15) is 21.7 Å². The number of carbonyl (C=O) groups is 1. The van der Waals surface area contributed by atoms with Gasteiger partial charge in [-0.05, 0) is 25.1 Å². The van der Waals surface area contributed by atoms with Crippen molar-refractivity contribution in [3.8, 4) is 0 Å². The number of aryl methyl sites for hydroxylation is 1. The van der Waals surface area contributed by atoms with Gasteiger partial charge in [-0.15, -0.1) is 0 Å². The Kier molecular flexibility index (Phi) is 4.45. The fourth-order valence-electron chi connectivity index (χ4n) is 1.73. The van der Waals surface area contributed by atoms with E-state index in [4.69, 9.17) is 4.42 Å². The maximum Gasteiger partial charge on any atom is 0.433 e. The Balaban J connectivity index is 2.04. The molecule has 1 aromatic carbocycles. The zero-order valence-electron chi connectivity index (χ0n) is 11.8. The van der Waals surface area contributed by atoms with Gasteiger partial charge in [0.25, 0.3) is 11.6 Å². The van der Waals surface area contributed by atoms with Crippen molar-refractivity contribution in [2.24, 2.45) is 5.10 Å². The average molecular weight is 318 g/mol. The molecule has 1 amide bonds. The first-order valence-electron chi connectivity index (χ1n) is 6.21. The highest BCUT2D eigenvalue weighted by Gasteiger charge is 2.13. The molecule has 0 saturated carbocycles. The summed E-state index contributed by atoms with van der Waals surface area (Å²) in [7, 11) is 0. The second-order valence-corrected chi connectivity index (χ2v) is 4.39. The summed E-state index contributed by atoms with van der Waals surface area (Å²) in [6, 6.07) is 6.37. The van der Waals surface area contributed by atoms with E-state index in [0.717, 1.165) is 12.3 Å². The van der Waals surface area contributed by atoms with E-state index < -0.39 is 21.6 Å². The Morgan fingerprint density at radius 1 is 1.22 bits per heavy atom. The Morgan fingerprint density at radius 3 is 2.52 bits per heavy atom. The Morgan fingerprint density at radius 2 is 1.96 bits per heavy atom. The van der Waals surface area contributed by atoms with E-state index in [1.54, 1.807) is 0 Å². The Hall–Kier alpha value is -3.56. The van der Waals surface area contributed by atoms with E-state index in [9.17, 15) is 25.0 Å². The molecule has 0 fully saturated rings. The predicted octanol–water partition coefficient (Wildman–Crippen LogP) is 2.17. The molecule has 0 unspecified atom stereocenters. The van der Waals surface area contributed by atoms with E-state index in [-0.39, 0.29) is 17.0 Å². The number of nitrogens with zero attached hydrogens (tertiary/aromatic N) is 3. The van der Waals surface area contributed by atoms with Crippen LogP contribution in [0.5, 0.6) is 0 Å². The zero-order chi connectivity index (χ0) is 17.0. The molecule has 0 aliphatic heterocycles. The molecule has 0 aliphatic rings. The van der Waals surface area contributed by atoms with Crippen LogP contribution in [-0.2, 0) is 0 Å². The van der Waals surface area contributed by atoms with Crippen LogP contribution in [0, 0.1) is 27.2 Å². The summed E-state index contributed by atoms with van der Waals surface area (Å²) >= 11 is 0. The molecular formula is C13H10N4O6. The third-order valence-electron chi connectivity index (χ3n) is 2.81. The summed E-state index contributed by atoms with van der Waals surface area (Å²) < 4.78 is 4.82. The van der Waals surface area contributed by atoms with Crippen molar-refractivity contribution in [1.29, 1.82) is 0 Å². The number of rotatable bonds is 5. The molecule has 1 N–H and O–H groups in total. The second-order valence-electron chi connectivity index (χ2n) is 4.39. The van der Waals surface area contributed by atoms with Crippen molar-refractivity contribution in [2.45, 2.75) is 6.92 Å². The van der Waals surface area contributed by atoms with E-state index in [1.807, 2.05) is 0 Å². The first kappa shape index (κ1) is 15.8. The molecule has 1 heterocycles. The smallest absolute Gasteiger partial charge is 0.400 e. The van der Waals surface area contributed by atoms with Gasteiger partial charge in [-0.25, -0.2) is 5.43 Å². The van der Waals surface area contributed by atoms with Crippen LogP contribution in [-0.4, -0.2) is 22.0 Å². The van der Waals surface area contributed by atoms with E-state index in [1.165, 1.54) is 31.2 Å². The summed E-state index contributed by atoms with van der Waals surface area (Å²) in [5.41, 5.74) is 2.63. The van der Waals surface area contributed by atoms with Crippen molar-refractivity contribution < 1.29 is 19.1 Å². The molecule has 0 spiro atoms. The van der Waals surface area contributed by atoms with Gasteiger partial charge in [0, 0.05) is 17.2 Å². The summed E-state index contributed by atoms with van der Waals surface area (Å²) in [5.74, 6) is -0.930. The molecule has 0 saturated heterocycles. The minimum atomic E-state index is -0.699. The topological polar surface area (TPSA) is 141 Å². The lowest BCUT2D eigenvalue weighted by atomic mass is 10.1. The molecule has 2 aromatic rings. The minimum absolute atomic E-state index is 0.0899. The lowest BCUT2D eigenvalue weighted by Gasteiger charge is -2.01. The van der Waals surface area contributed by atoms with Crippen molar-refractivity contribution in [3.63, 3.8) is 0 Å². The second kappa shape index (κ2) is 6.47. The summed E-state index contributed by atoms with van der Waals surface area (Å²) in [6.07, 6.45) is 1.10. The van der Waals surface area contributed by atoms with Crippen LogP contribution in [0.4, 0.5) is 11.6 Å². The van der Waals surface area contributed by atoms with E-state index in [0.29, 0.717) is 5.56 Å². The number of hydrazone groups is 1. The molecule has 10 nitrogen and oxygen atoms in total. The van der Waals surface area contributed by atoms with Crippen LogP contribution in [0.15, 0.2) is 39.9 Å². The van der Waals surface area contributed by atoms with E-state index >= 15 is 0 Å². The van der Waals surface area contributed by atoms with Crippen LogP contribution >= 0.6 is 0 Å². The van der Waals surface area contributed by atoms with Crippen LogP contribution < -0.4 is 5.43 Å². The van der Waals surface area contributed by atoms with Crippen LogP contribution in [0.3, 0.4) is 0 Å². The highest BCUT2D eigenvalue weighted by molar-refractivity contribution is 5.95. The largest absolute Gasteiger partial charge is 0.433 e. The van der Waals surface area contributed by atoms with Crippen molar-refractivity contribution in [1.82, 2.24) is 5.43 Å². The predicted molar refractivity (Wildman–Crippen MR) is 78.3 cm³/mol. The standard InChI is InChI=1S/C13H10N4O6/c1-8-6-9(2-4-11(8)16(19)20)13(18)15-14-7-10-3-5-12(23-10)17(21)22/h2-7H,1H3,(H,15,18). The molecule has 0 radical (unpaired) electrons. The molecular weight excluding hydrogens is 308 g/mol. The molecule has 0 aliphatic carbocycles. The number of furan rings is 1. The maximum atomic E-state index is 11.8. The van der Waals surface area contributed by atoms with Gasteiger partial charge in [0.2, 0.25) is 0 Å². The highest BCUT2D eigenvalue weighted by Crippen LogP contribution is 2.18. The lowest BCUT2D eigenvalue weighted by Crippen LogP contribution is -2.17. The fraction of sp³-hybridized carbons (Fsp3) is 0.0769. The van der Waals surface area contributed by atoms with E-state index in [2.05, 4.69) is 10.5 Å². The number of nitrogens with one attached hydrogen (secondary N) is 1. The zero-order valence-corrected chi connectivity index (χ0v) is 11.8. The lowest BCUT2D eigenvalue weighted by molar-refractivity contribution is -0.402. The molecule has 1 aromatic heterocycles. The number of nitro groups is 2. The van der Waals surface area contributed by atoms with Gasteiger partial charge in [0.05, 0.1) is 17.2 Å².